The fourth-order valence-electron chi connectivity index (χ4n) is 7.81. The van der Waals surface area contributed by atoms with Crippen molar-refractivity contribution in [3.8, 4) is 33.7 Å². The summed E-state index contributed by atoms with van der Waals surface area (Å²) in [4.78, 5) is 7.25. The van der Waals surface area contributed by atoms with Crippen LogP contribution >= 0.6 is 0 Å². The molecule has 0 saturated heterocycles. The predicted octanol–water partition coefficient (Wildman–Crippen LogP) is 12.8. The van der Waals surface area contributed by atoms with Gasteiger partial charge in [-0.2, -0.15) is 0 Å². The molecular formula is C46H32N2O2. The molecule has 238 valence electrons. The Bertz CT molecular complexity index is 2700. The van der Waals surface area contributed by atoms with E-state index in [0.29, 0.717) is 5.89 Å². The summed E-state index contributed by atoms with van der Waals surface area (Å²) in [6.07, 6.45) is 0. The minimum absolute atomic E-state index is 0.240. The van der Waals surface area contributed by atoms with E-state index in [9.17, 15) is 0 Å². The first kappa shape index (κ1) is 28.6. The van der Waals surface area contributed by atoms with Gasteiger partial charge in [-0.05, 0) is 100 Å². The van der Waals surface area contributed by atoms with E-state index in [4.69, 9.17) is 13.8 Å². The normalized spacial score (nSPS) is 13.2. The number of para-hydroxylation sites is 3. The van der Waals surface area contributed by atoms with Crippen LogP contribution < -0.4 is 4.90 Å². The number of hydrogen-bond donors (Lipinski definition) is 0. The third kappa shape index (κ3) is 4.35. The van der Waals surface area contributed by atoms with E-state index in [1.165, 1.54) is 33.4 Å². The van der Waals surface area contributed by atoms with Gasteiger partial charge in [0.1, 0.15) is 16.7 Å². The Kier molecular flexibility index (Phi) is 6.19. The first-order valence-electron chi connectivity index (χ1n) is 17.0. The van der Waals surface area contributed by atoms with Crippen LogP contribution in [0.1, 0.15) is 25.0 Å². The van der Waals surface area contributed by atoms with Crippen molar-refractivity contribution in [2.75, 3.05) is 4.90 Å². The first-order valence-corrected chi connectivity index (χ1v) is 17.0. The van der Waals surface area contributed by atoms with Gasteiger partial charge in [0, 0.05) is 38.8 Å². The minimum atomic E-state index is -0.240. The average molecular weight is 645 g/mol. The molecule has 1 aliphatic rings. The van der Waals surface area contributed by atoms with Crippen molar-refractivity contribution in [3.63, 3.8) is 0 Å². The van der Waals surface area contributed by atoms with Gasteiger partial charge in [0.15, 0.2) is 5.58 Å². The summed E-state index contributed by atoms with van der Waals surface area (Å²) < 4.78 is 12.5. The van der Waals surface area contributed by atoms with Crippen LogP contribution in [0.5, 0.6) is 0 Å². The lowest BCUT2D eigenvalue weighted by molar-refractivity contribution is 0.619. The van der Waals surface area contributed by atoms with Crippen LogP contribution in [0, 0.1) is 0 Å². The van der Waals surface area contributed by atoms with Gasteiger partial charge in [0.25, 0.3) is 0 Å². The molecule has 0 amide bonds. The van der Waals surface area contributed by atoms with E-state index in [1.807, 2.05) is 36.4 Å². The van der Waals surface area contributed by atoms with Crippen LogP contribution in [-0.4, -0.2) is 4.98 Å². The smallest absolute Gasteiger partial charge is 0.227 e. The summed E-state index contributed by atoms with van der Waals surface area (Å²) in [5.74, 6) is 0.650. The standard InChI is InChI=1S/C46H32N2O2/c1-46(2)38-15-10-14-36(45-47-40-16-7-9-18-43(40)50-45)44(38)35-25-23-33(28-39(35)46)48(31-21-19-30(20-22-31)29-11-4-3-5-12-29)32-24-26-42-37(27-32)34-13-6-8-17-41(34)49-42/h3-28H,1-2H3. The molecule has 0 radical (unpaired) electrons. The maximum atomic E-state index is 6.31. The average Bonchev–Trinajstić information content (AvgIpc) is 3.83. The van der Waals surface area contributed by atoms with Crippen molar-refractivity contribution in [1.29, 1.82) is 0 Å². The molecule has 2 aromatic heterocycles. The Hall–Kier alpha value is -6.39. The molecule has 0 bridgehead atoms. The number of fused-ring (bicyclic) bond motifs is 7. The van der Waals surface area contributed by atoms with E-state index < -0.39 is 0 Å². The summed E-state index contributed by atoms with van der Waals surface area (Å²) in [5.41, 5.74) is 14.8. The van der Waals surface area contributed by atoms with Crippen LogP contribution in [-0.2, 0) is 5.41 Å². The van der Waals surface area contributed by atoms with Gasteiger partial charge >= 0.3 is 0 Å². The molecule has 0 fully saturated rings. The van der Waals surface area contributed by atoms with E-state index in [-0.39, 0.29) is 5.41 Å². The lowest BCUT2D eigenvalue weighted by atomic mass is 9.82. The Balaban J connectivity index is 1.15. The molecule has 4 heteroatoms. The maximum Gasteiger partial charge on any atom is 0.227 e. The van der Waals surface area contributed by atoms with Crippen molar-refractivity contribution in [1.82, 2.24) is 4.98 Å². The van der Waals surface area contributed by atoms with Crippen LogP contribution in [0.3, 0.4) is 0 Å². The molecule has 2 heterocycles. The van der Waals surface area contributed by atoms with Gasteiger partial charge in [-0.1, -0.05) is 105 Å². The van der Waals surface area contributed by atoms with Crippen molar-refractivity contribution < 1.29 is 8.83 Å². The van der Waals surface area contributed by atoms with Crippen LogP contribution in [0.4, 0.5) is 17.1 Å². The highest BCUT2D eigenvalue weighted by Crippen LogP contribution is 2.54. The molecule has 10 rings (SSSR count). The lowest BCUT2D eigenvalue weighted by Crippen LogP contribution is -2.16. The number of aromatic nitrogens is 1. The molecule has 0 atom stereocenters. The lowest BCUT2D eigenvalue weighted by Gasteiger charge is -2.28. The van der Waals surface area contributed by atoms with Gasteiger partial charge in [0.05, 0.1) is 0 Å². The number of benzene rings is 7. The van der Waals surface area contributed by atoms with Crippen LogP contribution in [0.25, 0.3) is 66.7 Å². The van der Waals surface area contributed by atoms with E-state index in [2.05, 4.69) is 140 Å². The summed E-state index contributed by atoms with van der Waals surface area (Å²) in [6.45, 7) is 4.64. The monoisotopic (exact) mass is 644 g/mol. The summed E-state index contributed by atoms with van der Waals surface area (Å²) in [6, 6.07) is 55.5. The van der Waals surface area contributed by atoms with Crippen molar-refractivity contribution in [3.05, 3.63) is 169 Å². The fourth-order valence-corrected chi connectivity index (χ4v) is 7.81. The molecule has 9 aromatic rings. The maximum absolute atomic E-state index is 6.31. The Morgan fingerprint density at radius 2 is 1.16 bits per heavy atom. The second-order valence-electron chi connectivity index (χ2n) is 13.6. The largest absolute Gasteiger partial charge is 0.456 e. The van der Waals surface area contributed by atoms with Crippen molar-refractivity contribution in [2.24, 2.45) is 0 Å². The highest BCUT2D eigenvalue weighted by Gasteiger charge is 2.38. The molecular weight excluding hydrogens is 613 g/mol. The molecule has 0 saturated carbocycles. The van der Waals surface area contributed by atoms with E-state index >= 15 is 0 Å². The third-order valence-corrected chi connectivity index (χ3v) is 10.3. The number of anilines is 3. The third-order valence-electron chi connectivity index (χ3n) is 10.3. The van der Waals surface area contributed by atoms with Gasteiger partial charge in [0.2, 0.25) is 5.89 Å². The van der Waals surface area contributed by atoms with E-state index in [1.54, 1.807) is 0 Å². The molecule has 50 heavy (non-hydrogen) atoms. The van der Waals surface area contributed by atoms with Gasteiger partial charge in [-0.25, -0.2) is 4.98 Å². The highest BCUT2D eigenvalue weighted by atomic mass is 16.3. The number of oxazole rings is 1. The van der Waals surface area contributed by atoms with Crippen molar-refractivity contribution in [2.45, 2.75) is 19.3 Å². The topological polar surface area (TPSA) is 42.4 Å². The quantitative estimate of drug-likeness (QED) is 0.187. The van der Waals surface area contributed by atoms with Crippen LogP contribution in [0.2, 0.25) is 0 Å². The molecule has 0 unspecified atom stereocenters. The number of furan rings is 1. The summed E-state index contributed by atoms with van der Waals surface area (Å²) in [5, 5.41) is 2.21. The zero-order valence-corrected chi connectivity index (χ0v) is 27.7. The second kappa shape index (κ2) is 10.8. The summed E-state index contributed by atoms with van der Waals surface area (Å²) >= 11 is 0. The van der Waals surface area contributed by atoms with Gasteiger partial charge in [-0.3, -0.25) is 0 Å². The SMILES string of the molecule is CC1(C)c2cc(N(c3ccc(-c4ccccc4)cc3)c3ccc4oc5ccccc5c4c3)ccc2-c2c(-c3nc4ccccc4o3)cccc21. The zero-order chi connectivity index (χ0) is 33.4. The van der Waals surface area contributed by atoms with Crippen molar-refractivity contribution >= 4 is 50.1 Å². The van der Waals surface area contributed by atoms with Gasteiger partial charge in [-0.15, -0.1) is 0 Å². The second-order valence-corrected chi connectivity index (χ2v) is 13.6. The molecule has 0 N–H and O–H groups in total. The Morgan fingerprint density at radius 3 is 2.00 bits per heavy atom. The molecule has 0 aliphatic heterocycles. The predicted molar refractivity (Wildman–Crippen MR) is 204 cm³/mol. The van der Waals surface area contributed by atoms with Gasteiger partial charge < -0.3 is 13.7 Å². The number of hydrogen-bond acceptors (Lipinski definition) is 4. The minimum Gasteiger partial charge on any atom is -0.456 e. The number of nitrogens with zero attached hydrogens (tertiary/aromatic N) is 2. The Labute approximate surface area is 289 Å². The first-order chi connectivity index (χ1) is 24.5. The number of rotatable bonds is 5. The summed E-state index contributed by atoms with van der Waals surface area (Å²) in [7, 11) is 0. The Morgan fingerprint density at radius 1 is 0.480 bits per heavy atom. The molecule has 1 aliphatic carbocycles. The molecule has 7 aromatic carbocycles. The molecule has 4 nitrogen and oxygen atoms in total. The fraction of sp³-hybridized carbons (Fsp3) is 0.0652. The van der Waals surface area contributed by atoms with E-state index in [0.717, 1.165) is 55.7 Å². The zero-order valence-electron chi connectivity index (χ0n) is 27.7. The van der Waals surface area contributed by atoms with Crippen LogP contribution in [0.15, 0.2) is 167 Å². The molecule has 0 spiro atoms. The highest BCUT2D eigenvalue weighted by molar-refractivity contribution is 6.06.